The maximum atomic E-state index is 12.0. The van der Waals surface area contributed by atoms with Crippen LogP contribution in [0.2, 0.25) is 0 Å². The first-order chi connectivity index (χ1) is 15.6. The molecule has 0 aliphatic rings. The van der Waals surface area contributed by atoms with Gasteiger partial charge >= 0.3 is 5.97 Å². The molecule has 1 amide bonds. The predicted octanol–water partition coefficient (Wildman–Crippen LogP) is 3.93. The summed E-state index contributed by atoms with van der Waals surface area (Å²) in [6.45, 7) is 3.81. The van der Waals surface area contributed by atoms with Crippen LogP contribution < -0.4 is 10.5 Å². The van der Waals surface area contributed by atoms with E-state index in [9.17, 15) is 14.4 Å². The number of ether oxygens (including phenoxy) is 2. The van der Waals surface area contributed by atoms with Crippen LogP contribution in [0.1, 0.15) is 51.0 Å². The van der Waals surface area contributed by atoms with Gasteiger partial charge in [0.15, 0.2) is 0 Å². The molecule has 1 heterocycles. The van der Waals surface area contributed by atoms with Gasteiger partial charge in [-0.3, -0.25) is 14.4 Å². The van der Waals surface area contributed by atoms with Crippen LogP contribution in [0.5, 0.6) is 0 Å². The van der Waals surface area contributed by atoms with Gasteiger partial charge in [-0.05, 0) is 31.4 Å². The van der Waals surface area contributed by atoms with Gasteiger partial charge in [0.1, 0.15) is 6.54 Å². The number of carbonyl (C=O) groups excluding carboxylic acids is 2. The molecule has 0 aliphatic heterocycles. The zero-order valence-corrected chi connectivity index (χ0v) is 18.9. The van der Waals surface area contributed by atoms with E-state index in [0.29, 0.717) is 18.8 Å². The van der Waals surface area contributed by atoms with E-state index in [2.05, 4.69) is 12.1 Å². The van der Waals surface area contributed by atoms with E-state index in [0.717, 1.165) is 51.5 Å². The molecule has 2 aromatic rings. The van der Waals surface area contributed by atoms with Crippen molar-refractivity contribution in [3.63, 3.8) is 0 Å². The van der Waals surface area contributed by atoms with Crippen molar-refractivity contribution in [3.8, 4) is 0 Å². The maximum Gasteiger partial charge on any atom is 0.326 e. The molecule has 0 saturated carbocycles. The normalized spacial score (nSPS) is 10.7. The number of rotatable bonds is 16. The van der Waals surface area contributed by atoms with Crippen LogP contribution in [0, 0.1) is 0 Å². The van der Waals surface area contributed by atoms with E-state index in [1.54, 1.807) is 17.9 Å². The summed E-state index contributed by atoms with van der Waals surface area (Å²) in [5.74, 6) is -0.477. The van der Waals surface area contributed by atoms with Crippen LogP contribution in [-0.4, -0.2) is 36.7 Å². The van der Waals surface area contributed by atoms with Gasteiger partial charge in [0.2, 0.25) is 6.41 Å². The highest BCUT2D eigenvalue weighted by molar-refractivity contribution is 5.74. The van der Waals surface area contributed by atoms with Crippen LogP contribution in [0.4, 0.5) is 5.69 Å². The average Bonchev–Trinajstić information content (AvgIpc) is 2.80. The van der Waals surface area contributed by atoms with Gasteiger partial charge < -0.3 is 18.9 Å². The van der Waals surface area contributed by atoms with Crippen LogP contribution in [0.25, 0.3) is 0 Å². The summed E-state index contributed by atoms with van der Waals surface area (Å²) in [5.41, 5.74) is 1.49. The molecule has 1 aromatic heterocycles. The molecule has 2 rings (SSSR count). The first-order valence-corrected chi connectivity index (χ1v) is 11.3. The lowest BCUT2D eigenvalue weighted by molar-refractivity contribution is -0.143. The second kappa shape index (κ2) is 15.0. The minimum absolute atomic E-state index is 0.164. The lowest BCUT2D eigenvalue weighted by Gasteiger charge is -2.18. The van der Waals surface area contributed by atoms with E-state index >= 15 is 0 Å². The Morgan fingerprint density at radius 2 is 1.72 bits per heavy atom. The third-order valence-electron chi connectivity index (χ3n) is 5.08. The van der Waals surface area contributed by atoms with Crippen molar-refractivity contribution >= 4 is 18.1 Å². The Bertz CT molecular complexity index is 866. The number of carbonyl (C=O) groups is 2. The summed E-state index contributed by atoms with van der Waals surface area (Å²) in [5, 5.41) is 0. The SMILES string of the molecule is CCOC(=O)Cn1cc(N(C=O)CCCCCCCCOCc2ccccc2)ccc1=O. The number of aromatic nitrogens is 1. The molecule has 0 saturated heterocycles. The molecule has 0 atom stereocenters. The summed E-state index contributed by atoms with van der Waals surface area (Å²) in [7, 11) is 0. The fourth-order valence-electron chi connectivity index (χ4n) is 3.36. The fraction of sp³-hybridized carbons (Fsp3) is 0.480. The topological polar surface area (TPSA) is 77.8 Å². The lowest BCUT2D eigenvalue weighted by Crippen LogP contribution is -2.28. The van der Waals surface area contributed by atoms with Crippen LogP contribution >= 0.6 is 0 Å². The third-order valence-corrected chi connectivity index (χ3v) is 5.08. The second-order valence-electron chi connectivity index (χ2n) is 7.62. The highest BCUT2D eigenvalue weighted by Gasteiger charge is 2.10. The number of benzene rings is 1. The Balaban J connectivity index is 1.61. The Kier molecular flexibility index (Phi) is 11.8. The monoisotopic (exact) mass is 442 g/mol. The summed E-state index contributed by atoms with van der Waals surface area (Å²) < 4.78 is 11.9. The standard InChI is InChI=1S/C25H34N2O5/c1-2-32-25(30)19-27-18-23(14-15-24(27)29)26(21-28)16-10-5-3-4-6-11-17-31-20-22-12-8-7-9-13-22/h7-9,12-15,18,21H,2-6,10-11,16-17,19-20H2,1H3. The van der Waals surface area contributed by atoms with Crippen molar-refractivity contribution in [3.05, 3.63) is 64.6 Å². The Labute approximate surface area is 189 Å². The van der Waals surface area contributed by atoms with E-state index in [1.807, 2.05) is 18.2 Å². The number of hydrogen-bond donors (Lipinski definition) is 0. The highest BCUT2D eigenvalue weighted by Crippen LogP contribution is 2.13. The van der Waals surface area contributed by atoms with E-state index in [1.165, 1.54) is 22.4 Å². The number of anilines is 1. The zero-order chi connectivity index (χ0) is 23.0. The van der Waals surface area contributed by atoms with Gasteiger partial charge in [-0.25, -0.2) is 0 Å². The molecule has 0 bridgehead atoms. The van der Waals surface area contributed by atoms with Crippen molar-refractivity contribution in [1.82, 2.24) is 4.57 Å². The summed E-state index contributed by atoms with van der Waals surface area (Å²) >= 11 is 0. The van der Waals surface area contributed by atoms with Crippen LogP contribution in [0.15, 0.2) is 53.5 Å². The molecule has 0 fully saturated rings. The van der Waals surface area contributed by atoms with Gasteiger partial charge in [0.05, 0.1) is 18.9 Å². The quantitative estimate of drug-likeness (QED) is 0.224. The number of pyridine rings is 1. The molecule has 7 nitrogen and oxygen atoms in total. The molecular formula is C25H34N2O5. The lowest BCUT2D eigenvalue weighted by atomic mass is 10.1. The third kappa shape index (κ3) is 9.47. The number of unbranched alkanes of at least 4 members (excludes halogenated alkanes) is 5. The average molecular weight is 443 g/mol. The summed E-state index contributed by atoms with van der Waals surface area (Å²) in [4.78, 5) is 36.7. The second-order valence-corrected chi connectivity index (χ2v) is 7.62. The number of amides is 1. The van der Waals surface area contributed by atoms with Gasteiger partial charge in [-0.15, -0.1) is 0 Å². The van der Waals surface area contributed by atoms with Crippen molar-refractivity contribution in [2.24, 2.45) is 0 Å². The number of nitrogens with zero attached hydrogens (tertiary/aromatic N) is 2. The van der Waals surface area contributed by atoms with Crippen molar-refractivity contribution in [2.45, 2.75) is 58.6 Å². The fourth-order valence-corrected chi connectivity index (χ4v) is 3.36. The minimum Gasteiger partial charge on any atom is -0.465 e. The van der Waals surface area contributed by atoms with Crippen molar-refractivity contribution in [2.75, 3.05) is 24.7 Å². The molecule has 0 unspecified atom stereocenters. The molecule has 1 aromatic carbocycles. The van der Waals surface area contributed by atoms with E-state index in [-0.39, 0.29) is 18.7 Å². The molecule has 0 spiro atoms. The Morgan fingerprint density at radius 3 is 2.44 bits per heavy atom. The van der Waals surface area contributed by atoms with Gasteiger partial charge in [-0.2, -0.15) is 0 Å². The van der Waals surface area contributed by atoms with Gasteiger partial charge in [-0.1, -0.05) is 56.0 Å². The Hall–Kier alpha value is -2.93. The van der Waals surface area contributed by atoms with Gasteiger partial charge in [0, 0.05) is 25.4 Å². The van der Waals surface area contributed by atoms with Crippen molar-refractivity contribution < 1.29 is 19.1 Å². The van der Waals surface area contributed by atoms with Crippen LogP contribution in [-0.2, 0) is 32.2 Å². The molecule has 32 heavy (non-hydrogen) atoms. The number of hydrogen-bond acceptors (Lipinski definition) is 5. The first kappa shape index (κ1) is 25.3. The van der Waals surface area contributed by atoms with Crippen molar-refractivity contribution in [1.29, 1.82) is 0 Å². The largest absolute Gasteiger partial charge is 0.465 e. The molecule has 0 N–H and O–H groups in total. The smallest absolute Gasteiger partial charge is 0.326 e. The molecule has 0 radical (unpaired) electrons. The molecule has 174 valence electrons. The summed E-state index contributed by atoms with van der Waals surface area (Å²) in [6, 6.07) is 13.1. The number of esters is 1. The Morgan fingerprint density at radius 1 is 1.00 bits per heavy atom. The van der Waals surface area contributed by atoms with E-state index < -0.39 is 5.97 Å². The molecule has 7 heteroatoms. The van der Waals surface area contributed by atoms with E-state index in [4.69, 9.17) is 9.47 Å². The van der Waals surface area contributed by atoms with Gasteiger partial charge in [0.25, 0.3) is 5.56 Å². The predicted molar refractivity (Wildman–Crippen MR) is 125 cm³/mol. The maximum absolute atomic E-state index is 12.0. The van der Waals surface area contributed by atoms with Crippen LogP contribution in [0.3, 0.4) is 0 Å². The first-order valence-electron chi connectivity index (χ1n) is 11.3. The highest BCUT2D eigenvalue weighted by atomic mass is 16.5. The molecule has 0 aliphatic carbocycles. The zero-order valence-electron chi connectivity index (χ0n) is 18.9. The molecular weight excluding hydrogens is 408 g/mol. The summed E-state index contributed by atoms with van der Waals surface area (Å²) in [6.07, 6.45) is 8.62. The minimum atomic E-state index is -0.477.